The molecule has 3 nitrogen and oxygen atoms in total. The minimum absolute atomic E-state index is 0.00433. The van der Waals surface area contributed by atoms with Gasteiger partial charge in [-0.15, -0.1) is 0 Å². The van der Waals surface area contributed by atoms with Crippen molar-refractivity contribution >= 4 is 5.78 Å². The minimum Gasteiger partial charge on any atom is -0.497 e. The van der Waals surface area contributed by atoms with Crippen LogP contribution in [0.4, 0.5) is 0 Å². The van der Waals surface area contributed by atoms with E-state index in [9.17, 15) is 9.90 Å². The molecule has 84 valence electrons. The Morgan fingerprint density at radius 3 is 2.88 bits per heavy atom. The molecule has 1 aromatic carbocycles. The monoisotopic (exact) mass is 218 g/mol. The van der Waals surface area contributed by atoms with Gasteiger partial charge in [0, 0.05) is 0 Å². The Labute approximate surface area is 94.4 Å². The van der Waals surface area contributed by atoms with E-state index in [0.29, 0.717) is 6.42 Å². The maximum atomic E-state index is 11.5. The minimum atomic E-state index is -0.654. The van der Waals surface area contributed by atoms with Crippen molar-refractivity contribution < 1.29 is 14.6 Å². The fourth-order valence-corrected chi connectivity index (χ4v) is 1.89. The second-order valence-electron chi connectivity index (χ2n) is 3.91. The first-order valence-electron chi connectivity index (χ1n) is 5.24. The zero-order chi connectivity index (χ0) is 11.5. The Morgan fingerprint density at radius 2 is 2.25 bits per heavy atom. The molecule has 0 saturated heterocycles. The molecule has 0 fully saturated rings. The molecule has 2 rings (SSSR count). The molecule has 1 aromatic rings. The Kier molecular flexibility index (Phi) is 3.06. The van der Waals surface area contributed by atoms with E-state index in [2.05, 4.69) is 0 Å². The number of hydrogen-bond acceptors (Lipinski definition) is 3. The summed E-state index contributed by atoms with van der Waals surface area (Å²) in [6.45, 7) is 0. The zero-order valence-corrected chi connectivity index (χ0v) is 9.09. The summed E-state index contributed by atoms with van der Waals surface area (Å²) in [5, 5.41) is 9.61. The highest BCUT2D eigenvalue weighted by Gasteiger charge is 2.28. The number of benzene rings is 1. The van der Waals surface area contributed by atoms with Crippen LogP contribution in [-0.4, -0.2) is 24.1 Å². The van der Waals surface area contributed by atoms with E-state index in [1.807, 2.05) is 24.3 Å². The number of carbonyl (C=O) groups is 1. The Balaban J connectivity index is 2.12. The van der Waals surface area contributed by atoms with Gasteiger partial charge in [-0.1, -0.05) is 18.2 Å². The van der Waals surface area contributed by atoms with Crippen molar-refractivity contribution in [3.8, 4) is 5.75 Å². The number of ether oxygens (including phenoxy) is 1. The van der Waals surface area contributed by atoms with E-state index in [0.717, 1.165) is 11.3 Å². The lowest BCUT2D eigenvalue weighted by molar-refractivity contribution is -0.119. The predicted octanol–water partition coefficient (Wildman–Crippen LogP) is 1.35. The molecular weight excluding hydrogens is 204 g/mol. The van der Waals surface area contributed by atoms with Gasteiger partial charge in [-0.05, 0) is 30.2 Å². The predicted molar refractivity (Wildman–Crippen MR) is 60.3 cm³/mol. The molecule has 0 saturated carbocycles. The number of hydrogen-bond donors (Lipinski definition) is 1. The van der Waals surface area contributed by atoms with E-state index in [1.165, 1.54) is 6.08 Å². The van der Waals surface area contributed by atoms with E-state index in [4.69, 9.17) is 4.74 Å². The van der Waals surface area contributed by atoms with Crippen molar-refractivity contribution in [1.29, 1.82) is 0 Å². The van der Waals surface area contributed by atoms with Gasteiger partial charge in [0.1, 0.15) is 5.75 Å². The molecule has 0 aromatic heterocycles. The zero-order valence-electron chi connectivity index (χ0n) is 9.09. The Morgan fingerprint density at radius 1 is 1.44 bits per heavy atom. The van der Waals surface area contributed by atoms with Gasteiger partial charge in [0.2, 0.25) is 0 Å². The summed E-state index contributed by atoms with van der Waals surface area (Å²) in [7, 11) is 1.61. The molecule has 1 aliphatic rings. The number of carbonyl (C=O) groups excluding carboxylic acids is 1. The maximum Gasteiger partial charge on any atom is 0.161 e. The van der Waals surface area contributed by atoms with Crippen LogP contribution in [0.15, 0.2) is 36.4 Å². The van der Waals surface area contributed by atoms with Gasteiger partial charge in [-0.3, -0.25) is 4.79 Å². The van der Waals surface area contributed by atoms with Gasteiger partial charge in [-0.2, -0.15) is 0 Å². The SMILES string of the molecule is COc1cccc(CC2C(=O)C=CC2O)c1. The highest BCUT2D eigenvalue weighted by atomic mass is 16.5. The topological polar surface area (TPSA) is 46.5 Å². The molecule has 3 heteroatoms. The quantitative estimate of drug-likeness (QED) is 0.833. The van der Waals surface area contributed by atoms with Gasteiger partial charge in [0.05, 0.1) is 19.1 Å². The number of aliphatic hydroxyl groups excluding tert-OH is 1. The molecular formula is C13H14O3. The van der Waals surface area contributed by atoms with Crippen LogP contribution in [0, 0.1) is 5.92 Å². The first-order chi connectivity index (χ1) is 7.70. The summed E-state index contributed by atoms with van der Waals surface area (Å²) >= 11 is 0. The summed E-state index contributed by atoms with van der Waals surface area (Å²) in [4.78, 5) is 11.5. The lowest BCUT2D eigenvalue weighted by Gasteiger charge is -2.13. The smallest absolute Gasteiger partial charge is 0.161 e. The van der Waals surface area contributed by atoms with Crippen molar-refractivity contribution in [3.05, 3.63) is 42.0 Å². The van der Waals surface area contributed by atoms with Gasteiger partial charge >= 0.3 is 0 Å². The normalized spacial score (nSPS) is 23.8. The molecule has 0 aliphatic heterocycles. The summed E-state index contributed by atoms with van der Waals surface area (Å²) in [5.74, 6) is 0.424. The van der Waals surface area contributed by atoms with E-state index in [1.54, 1.807) is 13.2 Å². The van der Waals surface area contributed by atoms with Crippen molar-refractivity contribution in [2.75, 3.05) is 7.11 Å². The van der Waals surface area contributed by atoms with Crippen LogP contribution < -0.4 is 4.74 Å². The van der Waals surface area contributed by atoms with E-state index in [-0.39, 0.29) is 11.7 Å². The highest BCUT2D eigenvalue weighted by molar-refractivity contribution is 5.95. The van der Waals surface area contributed by atoms with Crippen LogP contribution in [-0.2, 0) is 11.2 Å². The average Bonchev–Trinajstić information content (AvgIpc) is 2.61. The third kappa shape index (κ3) is 2.14. The molecule has 0 bridgehead atoms. The maximum absolute atomic E-state index is 11.5. The lowest BCUT2D eigenvalue weighted by atomic mass is 9.94. The van der Waals surface area contributed by atoms with Crippen LogP contribution in [0.2, 0.25) is 0 Å². The standard InChI is InChI=1S/C13H14O3/c1-16-10-4-2-3-9(7-10)8-11-12(14)5-6-13(11)15/h2-7,11-12,14H,8H2,1H3. The molecule has 0 heterocycles. The largest absolute Gasteiger partial charge is 0.497 e. The fourth-order valence-electron chi connectivity index (χ4n) is 1.89. The molecule has 1 aliphatic carbocycles. The second-order valence-corrected chi connectivity index (χ2v) is 3.91. The summed E-state index contributed by atoms with van der Waals surface area (Å²) in [6, 6.07) is 7.56. The van der Waals surface area contributed by atoms with Gasteiger partial charge in [-0.25, -0.2) is 0 Å². The molecule has 0 radical (unpaired) electrons. The molecule has 0 spiro atoms. The van der Waals surface area contributed by atoms with Gasteiger partial charge in [0.15, 0.2) is 5.78 Å². The van der Waals surface area contributed by atoms with Crippen molar-refractivity contribution in [1.82, 2.24) is 0 Å². The molecule has 0 amide bonds. The fraction of sp³-hybridized carbons (Fsp3) is 0.308. The van der Waals surface area contributed by atoms with Gasteiger partial charge in [0.25, 0.3) is 0 Å². The molecule has 2 unspecified atom stereocenters. The van der Waals surface area contributed by atoms with E-state index < -0.39 is 6.10 Å². The van der Waals surface area contributed by atoms with Crippen LogP contribution in [0.3, 0.4) is 0 Å². The number of rotatable bonds is 3. The van der Waals surface area contributed by atoms with Crippen molar-refractivity contribution in [3.63, 3.8) is 0 Å². The van der Waals surface area contributed by atoms with Crippen LogP contribution >= 0.6 is 0 Å². The summed E-state index contributed by atoms with van der Waals surface area (Å²) < 4.78 is 5.11. The number of aliphatic hydroxyl groups is 1. The average molecular weight is 218 g/mol. The second kappa shape index (κ2) is 4.49. The Hall–Kier alpha value is -1.61. The lowest BCUT2D eigenvalue weighted by Crippen LogP contribution is -2.22. The van der Waals surface area contributed by atoms with Crippen molar-refractivity contribution in [2.24, 2.45) is 5.92 Å². The number of ketones is 1. The van der Waals surface area contributed by atoms with Crippen LogP contribution in [0.1, 0.15) is 5.56 Å². The number of allylic oxidation sites excluding steroid dienone is 1. The third-order valence-corrected chi connectivity index (χ3v) is 2.83. The number of methoxy groups -OCH3 is 1. The van der Waals surface area contributed by atoms with E-state index >= 15 is 0 Å². The van der Waals surface area contributed by atoms with Crippen molar-refractivity contribution in [2.45, 2.75) is 12.5 Å². The molecule has 1 N–H and O–H groups in total. The Bertz CT molecular complexity index is 423. The highest BCUT2D eigenvalue weighted by Crippen LogP contribution is 2.22. The molecule has 16 heavy (non-hydrogen) atoms. The molecule has 2 atom stereocenters. The van der Waals surface area contributed by atoms with Crippen LogP contribution in [0.25, 0.3) is 0 Å². The third-order valence-electron chi connectivity index (χ3n) is 2.83. The first-order valence-corrected chi connectivity index (χ1v) is 5.24. The summed E-state index contributed by atoms with van der Waals surface area (Å²) in [5.41, 5.74) is 1.00. The van der Waals surface area contributed by atoms with Gasteiger partial charge < -0.3 is 9.84 Å². The first kappa shape index (κ1) is 10.9. The summed E-state index contributed by atoms with van der Waals surface area (Å²) in [6.07, 6.45) is 2.89. The van der Waals surface area contributed by atoms with Crippen LogP contribution in [0.5, 0.6) is 5.75 Å².